The summed E-state index contributed by atoms with van der Waals surface area (Å²) >= 11 is 0. The lowest BCUT2D eigenvalue weighted by Crippen LogP contribution is -2.20. The molecule has 0 aliphatic rings. The third-order valence-electron chi connectivity index (χ3n) is 3.87. The number of para-hydroxylation sites is 2. The van der Waals surface area contributed by atoms with Crippen LogP contribution in [0.25, 0.3) is 0 Å². The van der Waals surface area contributed by atoms with E-state index in [0.717, 1.165) is 0 Å². The van der Waals surface area contributed by atoms with E-state index >= 15 is 0 Å². The van der Waals surface area contributed by atoms with Gasteiger partial charge in [-0.3, -0.25) is 9.59 Å². The first-order chi connectivity index (χ1) is 14.5. The van der Waals surface area contributed by atoms with E-state index < -0.39 is 5.91 Å². The van der Waals surface area contributed by atoms with E-state index in [1.807, 2.05) is 13.0 Å². The summed E-state index contributed by atoms with van der Waals surface area (Å²) in [4.78, 5) is 27.5. The molecule has 0 atom stereocenters. The maximum atomic E-state index is 12.2. The summed E-state index contributed by atoms with van der Waals surface area (Å²) in [7, 11) is 0. The van der Waals surface area contributed by atoms with Gasteiger partial charge in [-0.2, -0.15) is 0 Å². The van der Waals surface area contributed by atoms with Gasteiger partial charge in [0.2, 0.25) is 11.8 Å². The number of rotatable bonds is 9. The molecule has 1 aromatic heterocycles. The number of ether oxygens (including phenoxy) is 3. The minimum Gasteiger partial charge on any atom is -0.490 e. The van der Waals surface area contributed by atoms with Crippen LogP contribution in [-0.2, 0) is 4.79 Å². The largest absolute Gasteiger partial charge is 0.490 e. The lowest BCUT2D eigenvalue weighted by atomic mass is 10.2. The molecule has 3 rings (SSSR count). The number of carbonyl (C=O) groups excluding carboxylic acids is 2. The molecule has 8 nitrogen and oxygen atoms in total. The first-order valence-electron chi connectivity index (χ1n) is 9.23. The van der Waals surface area contributed by atoms with Crippen molar-refractivity contribution in [3.8, 4) is 23.1 Å². The highest BCUT2D eigenvalue weighted by molar-refractivity contribution is 5.93. The predicted molar refractivity (Wildman–Crippen MR) is 111 cm³/mol. The van der Waals surface area contributed by atoms with Crippen LogP contribution in [0.3, 0.4) is 0 Å². The molecule has 3 N–H and O–H groups in total. The molecule has 0 aliphatic heterocycles. The number of nitrogens with one attached hydrogen (secondary N) is 1. The molecule has 8 heteroatoms. The van der Waals surface area contributed by atoms with Crippen LogP contribution in [0.4, 0.5) is 5.69 Å². The number of hydrogen-bond acceptors (Lipinski definition) is 6. The number of aromatic nitrogens is 1. The smallest absolute Gasteiger partial charge is 0.262 e. The van der Waals surface area contributed by atoms with E-state index in [1.165, 1.54) is 12.3 Å². The fraction of sp³-hybridized carbons (Fsp3) is 0.136. The molecule has 0 aliphatic carbocycles. The van der Waals surface area contributed by atoms with Gasteiger partial charge in [-0.05, 0) is 43.3 Å². The van der Waals surface area contributed by atoms with Crippen molar-refractivity contribution in [3.63, 3.8) is 0 Å². The topological polar surface area (TPSA) is 113 Å². The third-order valence-corrected chi connectivity index (χ3v) is 3.87. The van der Waals surface area contributed by atoms with Crippen molar-refractivity contribution in [2.24, 2.45) is 5.73 Å². The van der Waals surface area contributed by atoms with Crippen LogP contribution in [0.15, 0.2) is 66.9 Å². The van der Waals surface area contributed by atoms with Crippen LogP contribution >= 0.6 is 0 Å². The number of benzene rings is 2. The minimum atomic E-state index is -0.544. The van der Waals surface area contributed by atoms with Crippen LogP contribution < -0.4 is 25.3 Å². The fourth-order valence-electron chi connectivity index (χ4n) is 2.53. The Balaban J connectivity index is 1.55. The second kappa shape index (κ2) is 9.92. The maximum absolute atomic E-state index is 12.2. The van der Waals surface area contributed by atoms with Gasteiger partial charge in [0.25, 0.3) is 5.91 Å². The molecule has 2 aromatic carbocycles. The third kappa shape index (κ3) is 5.71. The van der Waals surface area contributed by atoms with Crippen LogP contribution in [0.5, 0.6) is 23.1 Å². The second-order valence-corrected chi connectivity index (χ2v) is 6.10. The molecule has 1 heterocycles. The van der Waals surface area contributed by atoms with E-state index in [9.17, 15) is 9.59 Å². The number of carbonyl (C=O) groups is 2. The number of nitrogens with zero attached hydrogens (tertiary/aromatic N) is 1. The lowest BCUT2D eigenvalue weighted by Gasteiger charge is -2.11. The highest BCUT2D eigenvalue weighted by Gasteiger charge is 2.09. The molecule has 0 saturated heterocycles. The SMILES string of the molecule is CCOc1ccccc1OCC(=O)Nc1ccc(Oc2cccc(C(N)=O)c2)nc1. The molecule has 2 amide bonds. The van der Waals surface area contributed by atoms with Crippen molar-refractivity contribution in [1.29, 1.82) is 0 Å². The molecule has 30 heavy (non-hydrogen) atoms. The molecule has 0 fully saturated rings. The van der Waals surface area contributed by atoms with E-state index in [0.29, 0.717) is 41.0 Å². The zero-order chi connectivity index (χ0) is 21.3. The second-order valence-electron chi connectivity index (χ2n) is 6.10. The lowest BCUT2D eigenvalue weighted by molar-refractivity contribution is -0.118. The Morgan fingerprint density at radius 1 is 1.00 bits per heavy atom. The normalized spacial score (nSPS) is 10.2. The van der Waals surface area contributed by atoms with Crippen LogP contribution in [0, 0.1) is 0 Å². The average Bonchev–Trinajstić information content (AvgIpc) is 2.75. The highest BCUT2D eigenvalue weighted by atomic mass is 16.5. The first kappa shape index (κ1) is 20.7. The molecule has 0 bridgehead atoms. The van der Waals surface area contributed by atoms with E-state index in [4.69, 9.17) is 19.9 Å². The van der Waals surface area contributed by atoms with Gasteiger partial charge in [-0.25, -0.2) is 4.98 Å². The number of amides is 2. The summed E-state index contributed by atoms with van der Waals surface area (Å²) in [5, 5.41) is 2.69. The Kier molecular flexibility index (Phi) is 6.83. The number of pyridine rings is 1. The Morgan fingerprint density at radius 2 is 1.77 bits per heavy atom. The maximum Gasteiger partial charge on any atom is 0.262 e. The van der Waals surface area contributed by atoms with Gasteiger partial charge in [0, 0.05) is 11.6 Å². The molecule has 0 radical (unpaired) electrons. The number of nitrogens with two attached hydrogens (primary N) is 1. The van der Waals surface area contributed by atoms with Crippen LogP contribution in [0.2, 0.25) is 0 Å². The first-order valence-corrected chi connectivity index (χ1v) is 9.23. The number of primary amides is 1. The van der Waals surface area contributed by atoms with Crippen molar-refractivity contribution in [2.75, 3.05) is 18.5 Å². The highest BCUT2D eigenvalue weighted by Crippen LogP contribution is 2.26. The minimum absolute atomic E-state index is 0.178. The van der Waals surface area contributed by atoms with Gasteiger partial charge >= 0.3 is 0 Å². The molecule has 3 aromatic rings. The standard InChI is InChI=1S/C22H21N3O5/c1-2-28-18-8-3-4-9-19(18)29-14-20(26)25-16-10-11-21(24-13-16)30-17-7-5-6-15(12-17)22(23)27/h3-13H,2,14H2,1H3,(H2,23,27)(H,25,26). The van der Waals surface area contributed by atoms with Gasteiger partial charge in [0.1, 0.15) is 5.75 Å². The van der Waals surface area contributed by atoms with Crippen molar-refractivity contribution >= 4 is 17.5 Å². The van der Waals surface area contributed by atoms with Gasteiger partial charge in [-0.15, -0.1) is 0 Å². The molecular weight excluding hydrogens is 386 g/mol. The Bertz CT molecular complexity index is 1020. The Morgan fingerprint density at radius 3 is 2.43 bits per heavy atom. The van der Waals surface area contributed by atoms with Crippen molar-refractivity contribution in [3.05, 3.63) is 72.4 Å². The Labute approximate surface area is 173 Å². The summed E-state index contributed by atoms with van der Waals surface area (Å²) in [6.07, 6.45) is 1.46. The molecule has 0 spiro atoms. The van der Waals surface area contributed by atoms with E-state index in [2.05, 4.69) is 10.3 Å². The summed E-state index contributed by atoms with van der Waals surface area (Å²) in [6, 6.07) is 16.8. The number of hydrogen-bond donors (Lipinski definition) is 2. The molecule has 154 valence electrons. The quantitative estimate of drug-likeness (QED) is 0.562. The summed E-state index contributed by atoms with van der Waals surface area (Å²) in [5.74, 6) is 0.919. The predicted octanol–water partition coefficient (Wildman–Crippen LogP) is 3.39. The van der Waals surface area contributed by atoms with Gasteiger partial charge in [0.05, 0.1) is 18.5 Å². The summed E-state index contributed by atoms with van der Waals surface area (Å²) < 4.78 is 16.6. The van der Waals surface area contributed by atoms with Crippen LogP contribution in [-0.4, -0.2) is 30.0 Å². The van der Waals surface area contributed by atoms with E-state index in [-0.39, 0.29) is 12.5 Å². The van der Waals surface area contributed by atoms with Gasteiger partial charge in [0.15, 0.2) is 18.1 Å². The van der Waals surface area contributed by atoms with E-state index in [1.54, 1.807) is 48.5 Å². The zero-order valence-electron chi connectivity index (χ0n) is 16.3. The number of anilines is 1. The summed E-state index contributed by atoms with van der Waals surface area (Å²) in [6.45, 7) is 2.19. The Hall–Kier alpha value is -4.07. The van der Waals surface area contributed by atoms with Crippen molar-refractivity contribution in [1.82, 2.24) is 4.98 Å². The van der Waals surface area contributed by atoms with Crippen molar-refractivity contribution in [2.45, 2.75) is 6.92 Å². The monoisotopic (exact) mass is 407 g/mol. The van der Waals surface area contributed by atoms with Gasteiger partial charge in [-0.1, -0.05) is 18.2 Å². The average molecular weight is 407 g/mol. The zero-order valence-corrected chi connectivity index (χ0v) is 16.3. The fourth-order valence-corrected chi connectivity index (χ4v) is 2.53. The molecule has 0 saturated carbocycles. The van der Waals surface area contributed by atoms with Crippen LogP contribution in [0.1, 0.15) is 17.3 Å². The van der Waals surface area contributed by atoms with Gasteiger partial charge < -0.3 is 25.3 Å². The summed E-state index contributed by atoms with van der Waals surface area (Å²) in [5.41, 5.74) is 6.08. The molecule has 0 unspecified atom stereocenters. The van der Waals surface area contributed by atoms with Crippen molar-refractivity contribution < 1.29 is 23.8 Å². The molecular formula is C22H21N3O5.